The van der Waals surface area contributed by atoms with Gasteiger partial charge in [-0.1, -0.05) is 13.8 Å². The highest BCUT2D eigenvalue weighted by molar-refractivity contribution is 5.01. The van der Waals surface area contributed by atoms with Crippen molar-refractivity contribution in [2.75, 3.05) is 39.9 Å². The van der Waals surface area contributed by atoms with Crippen LogP contribution in [0.15, 0.2) is 0 Å². The van der Waals surface area contributed by atoms with Gasteiger partial charge in [-0.15, -0.1) is 0 Å². The molecule has 0 unspecified atom stereocenters. The molecule has 0 aromatic carbocycles. The Bertz CT molecular complexity index is 147. The maximum atomic E-state index is 5.39. The van der Waals surface area contributed by atoms with Gasteiger partial charge in [-0.25, -0.2) is 5.01 Å². The van der Waals surface area contributed by atoms with E-state index < -0.39 is 0 Å². The van der Waals surface area contributed by atoms with Gasteiger partial charge in [-0.2, -0.15) is 0 Å². The molecule has 2 aliphatic heterocycles. The van der Waals surface area contributed by atoms with E-state index in [2.05, 4.69) is 15.8 Å². The van der Waals surface area contributed by atoms with Crippen LogP contribution in [0.4, 0.5) is 0 Å². The molecule has 0 bridgehead atoms. The van der Waals surface area contributed by atoms with E-state index in [1.807, 2.05) is 20.9 Å². The standard InChI is InChI=1S/C8H17N3O.C2H6/c1-9-11-6-8(7-11)2-4-12-5-3-10-8;1-2/h9-10H,2-7H2,1H3;1-2H3. The molecule has 0 aromatic rings. The molecule has 2 heterocycles. The highest BCUT2D eigenvalue weighted by Gasteiger charge is 2.42. The van der Waals surface area contributed by atoms with Gasteiger partial charge >= 0.3 is 0 Å². The van der Waals surface area contributed by atoms with Crippen LogP contribution in [0.1, 0.15) is 20.3 Å². The number of ether oxygens (including phenoxy) is 1. The topological polar surface area (TPSA) is 36.5 Å². The van der Waals surface area contributed by atoms with Gasteiger partial charge in [-0.3, -0.25) is 5.43 Å². The first kappa shape index (κ1) is 11.9. The summed E-state index contributed by atoms with van der Waals surface area (Å²) >= 11 is 0. The predicted molar refractivity (Wildman–Crippen MR) is 58.2 cm³/mol. The Kier molecular flexibility index (Phi) is 4.81. The molecular weight excluding hydrogens is 178 g/mol. The number of hydrogen-bond donors (Lipinski definition) is 2. The van der Waals surface area contributed by atoms with Crippen molar-refractivity contribution in [1.82, 2.24) is 15.8 Å². The molecule has 2 aliphatic rings. The van der Waals surface area contributed by atoms with Crippen LogP contribution in [-0.4, -0.2) is 50.4 Å². The average Bonchev–Trinajstić information content (AvgIpc) is 2.43. The summed E-state index contributed by atoms with van der Waals surface area (Å²) in [6, 6.07) is 0. The molecule has 2 fully saturated rings. The summed E-state index contributed by atoms with van der Waals surface area (Å²) in [6.45, 7) is 8.98. The van der Waals surface area contributed by atoms with Crippen molar-refractivity contribution >= 4 is 0 Å². The Morgan fingerprint density at radius 1 is 1.29 bits per heavy atom. The molecule has 0 aliphatic carbocycles. The molecule has 2 rings (SSSR count). The summed E-state index contributed by atoms with van der Waals surface area (Å²) in [5.41, 5.74) is 3.49. The van der Waals surface area contributed by atoms with Gasteiger partial charge in [0.1, 0.15) is 0 Å². The van der Waals surface area contributed by atoms with E-state index in [0.717, 1.165) is 39.3 Å². The first-order valence-corrected chi connectivity index (χ1v) is 5.60. The zero-order valence-corrected chi connectivity index (χ0v) is 9.60. The molecule has 84 valence electrons. The van der Waals surface area contributed by atoms with Crippen molar-refractivity contribution < 1.29 is 4.74 Å². The molecule has 0 saturated carbocycles. The minimum Gasteiger partial charge on any atom is -0.380 e. The Labute approximate surface area is 87.0 Å². The summed E-state index contributed by atoms with van der Waals surface area (Å²) in [5, 5.41) is 5.77. The molecule has 4 nitrogen and oxygen atoms in total. The molecule has 4 heteroatoms. The van der Waals surface area contributed by atoms with Crippen molar-refractivity contribution in [3.63, 3.8) is 0 Å². The van der Waals surface area contributed by atoms with Crippen LogP contribution in [0, 0.1) is 0 Å². The summed E-state index contributed by atoms with van der Waals surface area (Å²) < 4.78 is 5.39. The maximum absolute atomic E-state index is 5.39. The van der Waals surface area contributed by atoms with Gasteiger partial charge < -0.3 is 10.1 Å². The van der Waals surface area contributed by atoms with Gasteiger partial charge in [-0.05, 0) is 13.5 Å². The molecule has 1 spiro atoms. The normalized spacial score (nSPS) is 25.9. The van der Waals surface area contributed by atoms with Gasteiger partial charge in [0, 0.05) is 31.8 Å². The molecule has 0 amide bonds. The lowest BCUT2D eigenvalue weighted by Crippen LogP contribution is -2.71. The van der Waals surface area contributed by atoms with Crippen molar-refractivity contribution in [2.45, 2.75) is 25.8 Å². The molecule has 2 saturated heterocycles. The number of nitrogens with one attached hydrogen (secondary N) is 2. The van der Waals surface area contributed by atoms with E-state index in [9.17, 15) is 0 Å². The lowest BCUT2D eigenvalue weighted by atomic mass is 9.88. The third-order valence-electron chi connectivity index (χ3n) is 2.77. The second-order valence-corrected chi connectivity index (χ2v) is 3.65. The van der Waals surface area contributed by atoms with Gasteiger partial charge in [0.2, 0.25) is 0 Å². The lowest BCUT2D eigenvalue weighted by molar-refractivity contribution is 0.000412. The van der Waals surface area contributed by atoms with E-state index in [4.69, 9.17) is 4.74 Å². The minimum absolute atomic E-state index is 0.347. The lowest BCUT2D eigenvalue weighted by Gasteiger charge is -2.49. The van der Waals surface area contributed by atoms with Crippen LogP contribution in [-0.2, 0) is 4.74 Å². The van der Waals surface area contributed by atoms with E-state index in [1.54, 1.807) is 0 Å². The summed E-state index contributed by atoms with van der Waals surface area (Å²) in [4.78, 5) is 0. The first-order chi connectivity index (χ1) is 6.85. The minimum atomic E-state index is 0.347. The Hall–Kier alpha value is -0.160. The number of hydrogen-bond acceptors (Lipinski definition) is 4. The van der Waals surface area contributed by atoms with E-state index in [-0.39, 0.29) is 0 Å². The van der Waals surface area contributed by atoms with Crippen molar-refractivity contribution in [3.8, 4) is 0 Å². The van der Waals surface area contributed by atoms with Gasteiger partial charge in [0.15, 0.2) is 0 Å². The fourth-order valence-corrected chi connectivity index (χ4v) is 1.96. The second kappa shape index (κ2) is 5.66. The third-order valence-corrected chi connectivity index (χ3v) is 2.77. The summed E-state index contributed by atoms with van der Waals surface area (Å²) in [5.74, 6) is 0. The maximum Gasteiger partial charge on any atom is 0.0591 e. The van der Waals surface area contributed by atoms with E-state index in [0.29, 0.717) is 5.54 Å². The van der Waals surface area contributed by atoms with Gasteiger partial charge in [0.05, 0.1) is 6.61 Å². The van der Waals surface area contributed by atoms with Crippen molar-refractivity contribution in [3.05, 3.63) is 0 Å². The second-order valence-electron chi connectivity index (χ2n) is 3.65. The van der Waals surface area contributed by atoms with Gasteiger partial charge in [0.25, 0.3) is 0 Å². The summed E-state index contributed by atoms with van der Waals surface area (Å²) in [6.07, 6.45) is 1.14. The Morgan fingerprint density at radius 2 is 2.00 bits per heavy atom. The predicted octanol–water partition coefficient (Wildman–Crippen LogP) is 0.211. The van der Waals surface area contributed by atoms with Crippen molar-refractivity contribution in [1.29, 1.82) is 0 Å². The molecule has 2 N–H and O–H groups in total. The fourth-order valence-electron chi connectivity index (χ4n) is 1.96. The Morgan fingerprint density at radius 3 is 2.64 bits per heavy atom. The molecule has 0 atom stereocenters. The SMILES string of the molecule is CC.CNN1CC2(CCOCCN2)C1. The van der Waals surface area contributed by atoms with Crippen molar-refractivity contribution in [2.24, 2.45) is 0 Å². The molecule has 14 heavy (non-hydrogen) atoms. The zero-order valence-electron chi connectivity index (χ0n) is 9.60. The van der Waals surface area contributed by atoms with Crippen LogP contribution in [0.2, 0.25) is 0 Å². The van der Waals surface area contributed by atoms with Crippen LogP contribution in [0.5, 0.6) is 0 Å². The number of rotatable bonds is 1. The molecule has 0 radical (unpaired) electrons. The largest absolute Gasteiger partial charge is 0.380 e. The van der Waals surface area contributed by atoms with Crippen LogP contribution in [0.3, 0.4) is 0 Å². The number of nitrogens with zero attached hydrogens (tertiary/aromatic N) is 1. The quantitative estimate of drug-likeness (QED) is 0.636. The smallest absolute Gasteiger partial charge is 0.0591 e. The van der Waals surface area contributed by atoms with E-state index in [1.165, 1.54) is 0 Å². The summed E-state index contributed by atoms with van der Waals surface area (Å²) in [7, 11) is 1.97. The Balaban J connectivity index is 0.000000461. The van der Waals surface area contributed by atoms with Crippen LogP contribution < -0.4 is 10.7 Å². The first-order valence-electron chi connectivity index (χ1n) is 5.60. The fraction of sp³-hybridized carbons (Fsp3) is 1.00. The highest BCUT2D eigenvalue weighted by Crippen LogP contribution is 2.23. The monoisotopic (exact) mass is 201 g/mol. The van der Waals surface area contributed by atoms with Crippen LogP contribution in [0.25, 0.3) is 0 Å². The zero-order chi connectivity index (χ0) is 10.4. The number of hydrazine groups is 1. The average molecular weight is 201 g/mol. The molecule has 0 aromatic heterocycles. The van der Waals surface area contributed by atoms with E-state index >= 15 is 0 Å². The van der Waals surface area contributed by atoms with Crippen LogP contribution >= 0.6 is 0 Å². The highest BCUT2D eigenvalue weighted by atomic mass is 16.5. The molecular formula is C10H23N3O. The third kappa shape index (κ3) is 2.67.